The van der Waals surface area contributed by atoms with Gasteiger partial charge in [0.15, 0.2) is 0 Å². The third kappa shape index (κ3) is 5.31. The van der Waals surface area contributed by atoms with Crippen LogP contribution < -0.4 is 14.8 Å². The van der Waals surface area contributed by atoms with Crippen LogP contribution in [-0.2, 0) is 29.6 Å². The lowest BCUT2D eigenvalue weighted by Crippen LogP contribution is -2.44. The standard InChI is InChI=1S/C30H30FN3O4S/c1-33-24-7-5-4-6-23(24)27-28(29(36)32-17-19-8-10-21(31)11-9-19)34(26(35)18-39-30(27)33)15-14-20-16-22(37-2)12-13-25(20)38-3/h4-13,16,28H,14-15,17-18H2,1-3H3,(H,32,36). The number of ether oxygens (including phenoxy) is 2. The highest BCUT2D eigenvalue weighted by molar-refractivity contribution is 8.00. The molecule has 7 nitrogen and oxygen atoms in total. The lowest BCUT2D eigenvalue weighted by molar-refractivity contribution is -0.138. The van der Waals surface area contributed by atoms with Gasteiger partial charge in [-0.15, -0.1) is 0 Å². The molecule has 0 saturated carbocycles. The van der Waals surface area contributed by atoms with Crippen molar-refractivity contribution in [2.24, 2.45) is 7.05 Å². The molecule has 0 radical (unpaired) electrons. The number of rotatable bonds is 8. The molecule has 9 heteroatoms. The number of aryl methyl sites for hydroxylation is 1. The van der Waals surface area contributed by atoms with Crippen molar-refractivity contribution in [3.05, 3.63) is 89.2 Å². The summed E-state index contributed by atoms with van der Waals surface area (Å²) in [6.45, 7) is 0.523. The molecule has 2 amide bonds. The van der Waals surface area contributed by atoms with Gasteiger partial charge in [0.05, 0.1) is 25.0 Å². The van der Waals surface area contributed by atoms with Gasteiger partial charge in [0, 0.05) is 36.6 Å². The maximum absolute atomic E-state index is 14.0. The summed E-state index contributed by atoms with van der Waals surface area (Å²) in [6, 6.07) is 18.6. The summed E-state index contributed by atoms with van der Waals surface area (Å²) >= 11 is 1.45. The van der Waals surface area contributed by atoms with Gasteiger partial charge in [0.2, 0.25) is 11.8 Å². The first-order valence-corrected chi connectivity index (χ1v) is 13.6. The maximum Gasteiger partial charge on any atom is 0.247 e. The van der Waals surface area contributed by atoms with Gasteiger partial charge in [0.1, 0.15) is 23.4 Å². The number of carbonyl (C=O) groups excluding carboxylic acids is 2. The quantitative estimate of drug-likeness (QED) is 0.341. The van der Waals surface area contributed by atoms with Gasteiger partial charge >= 0.3 is 0 Å². The molecule has 39 heavy (non-hydrogen) atoms. The fraction of sp³-hybridized carbons (Fsp3) is 0.267. The van der Waals surface area contributed by atoms with Crippen molar-refractivity contribution in [1.29, 1.82) is 0 Å². The van der Waals surface area contributed by atoms with E-state index in [0.717, 1.165) is 32.6 Å². The van der Waals surface area contributed by atoms with E-state index >= 15 is 0 Å². The Morgan fingerprint density at radius 2 is 1.85 bits per heavy atom. The van der Waals surface area contributed by atoms with Crippen LogP contribution >= 0.6 is 11.8 Å². The Kier molecular flexibility index (Phi) is 7.79. The number of nitrogens with zero attached hydrogens (tertiary/aromatic N) is 2. The number of fused-ring (bicyclic) bond motifs is 3. The van der Waals surface area contributed by atoms with Crippen LogP contribution in [0.4, 0.5) is 4.39 Å². The van der Waals surface area contributed by atoms with Gasteiger partial charge in [-0.3, -0.25) is 9.59 Å². The number of halogens is 1. The van der Waals surface area contributed by atoms with Crippen molar-refractivity contribution in [2.75, 3.05) is 26.5 Å². The van der Waals surface area contributed by atoms with Crippen LogP contribution in [0.3, 0.4) is 0 Å². The molecule has 4 aromatic rings. The molecule has 1 aliphatic rings. The van der Waals surface area contributed by atoms with Crippen molar-refractivity contribution >= 4 is 34.5 Å². The second kappa shape index (κ2) is 11.4. The normalized spacial score (nSPS) is 15.1. The van der Waals surface area contributed by atoms with Crippen molar-refractivity contribution in [2.45, 2.75) is 24.0 Å². The molecule has 0 saturated heterocycles. The molecule has 0 fully saturated rings. The first-order chi connectivity index (χ1) is 18.9. The van der Waals surface area contributed by atoms with Gasteiger partial charge < -0.3 is 24.3 Å². The van der Waals surface area contributed by atoms with E-state index in [1.807, 2.05) is 49.5 Å². The predicted octanol–water partition coefficient (Wildman–Crippen LogP) is 4.87. The number of hydrogen-bond acceptors (Lipinski definition) is 5. The first kappa shape index (κ1) is 26.6. The van der Waals surface area contributed by atoms with Crippen LogP contribution in [0.25, 0.3) is 10.9 Å². The zero-order chi connectivity index (χ0) is 27.5. The van der Waals surface area contributed by atoms with E-state index in [9.17, 15) is 14.0 Å². The maximum atomic E-state index is 14.0. The zero-order valence-electron chi connectivity index (χ0n) is 22.1. The third-order valence-electron chi connectivity index (χ3n) is 7.07. The second-order valence-electron chi connectivity index (χ2n) is 9.35. The molecular formula is C30H30FN3O4S. The number of carbonyl (C=O) groups is 2. The van der Waals surface area contributed by atoms with E-state index in [1.165, 1.54) is 23.9 Å². The molecule has 1 aliphatic heterocycles. The molecule has 0 spiro atoms. The number of hydrogen-bond donors (Lipinski definition) is 1. The van der Waals surface area contributed by atoms with Crippen molar-refractivity contribution < 1.29 is 23.5 Å². The highest BCUT2D eigenvalue weighted by Gasteiger charge is 2.38. The summed E-state index contributed by atoms with van der Waals surface area (Å²) in [4.78, 5) is 29.2. The molecule has 1 atom stereocenters. The number of thioether (sulfide) groups is 1. The van der Waals surface area contributed by atoms with Crippen LogP contribution in [0.2, 0.25) is 0 Å². The minimum Gasteiger partial charge on any atom is -0.497 e. The van der Waals surface area contributed by atoms with Gasteiger partial charge in [-0.1, -0.05) is 42.1 Å². The van der Waals surface area contributed by atoms with Crippen LogP contribution in [-0.4, -0.2) is 47.8 Å². The van der Waals surface area contributed by atoms with E-state index in [-0.39, 0.29) is 29.9 Å². The number of nitrogens with one attached hydrogen (secondary N) is 1. The first-order valence-electron chi connectivity index (χ1n) is 12.6. The van der Waals surface area contributed by atoms with Crippen molar-refractivity contribution in [1.82, 2.24) is 14.8 Å². The van der Waals surface area contributed by atoms with Gasteiger partial charge in [-0.25, -0.2) is 4.39 Å². The Labute approximate surface area is 230 Å². The summed E-state index contributed by atoms with van der Waals surface area (Å²) in [5.41, 5.74) is 3.46. The smallest absolute Gasteiger partial charge is 0.247 e. The van der Waals surface area contributed by atoms with Crippen LogP contribution in [0.1, 0.15) is 22.7 Å². The van der Waals surface area contributed by atoms with Crippen molar-refractivity contribution in [3.63, 3.8) is 0 Å². The Hall–Kier alpha value is -3.98. The zero-order valence-corrected chi connectivity index (χ0v) is 22.9. The summed E-state index contributed by atoms with van der Waals surface area (Å²) in [5.74, 6) is 0.850. The third-order valence-corrected chi connectivity index (χ3v) is 8.22. The number of amides is 2. The summed E-state index contributed by atoms with van der Waals surface area (Å²) in [5, 5.41) is 4.83. The number of aromatic nitrogens is 1. The van der Waals surface area contributed by atoms with Crippen LogP contribution in [0.5, 0.6) is 11.5 Å². The predicted molar refractivity (Wildman–Crippen MR) is 150 cm³/mol. The molecule has 0 aliphatic carbocycles. The Morgan fingerprint density at radius 3 is 2.59 bits per heavy atom. The summed E-state index contributed by atoms with van der Waals surface area (Å²) in [6.07, 6.45) is 0.471. The Balaban J connectivity index is 1.53. The number of methoxy groups -OCH3 is 2. The van der Waals surface area contributed by atoms with Gasteiger partial charge in [-0.05, 0) is 53.9 Å². The van der Waals surface area contributed by atoms with E-state index in [2.05, 4.69) is 9.88 Å². The van der Waals surface area contributed by atoms with E-state index in [1.54, 1.807) is 31.3 Å². The Bertz CT molecular complexity index is 1520. The Morgan fingerprint density at radius 1 is 1.08 bits per heavy atom. The van der Waals surface area contributed by atoms with E-state index in [4.69, 9.17) is 9.47 Å². The molecule has 0 bridgehead atoms. The fourth-order valence-electron chi connectivity index (χ4n) is 5.08. The number of para-hydroxylation sites is 1. The highest BCUT2D eigenvalue weighted by atomic mass is 32.2. The molecule has 202 valence electrons. The van der Waals surface area contributed by atoms with Crippen molar-refractivity contribution in [3.8, 4) is 11.5 Å². The summed E-state index contributed by atoms with van der Waals surface area (Å²) in [7, 11) is 5.17. The van der Waals surface area contributed by atoms with E-state index < -0.39 is 6.04 Å². The topological polar surface area (TPSA) is 72.8 Å². The minimum atomic E-state index is -0.842. The molecule has 1 aromatic heterocycles. The molecule has 1 N–H and O–H groups in total. The highest BCUT2D eigenvalue weighted by Crippen LogP contribution is 2.42. The lowest BCUT2D eigenvalue weighted by atomic mass is 10.0. The van der Waals surface area contributed by atoms with Gasteiger partial charge in [0.25, 0.3) is 0 Å². The monoisotopic (exact) mass is 547 g/mol. The van der Waals surface area contributed by atoms with Crippen LogP contribution in [0.15, 0.2) is 71.8 Å². The molecule has 5 rings (SSSR count). The average molecular weight is 548 g/mol. The number of benzene rings is 3. The minimum absolute atomic E-state index is 0.121. The molecule has 2 heterocycles. The SMILES string of the molecule is COc1ccc(OC)c(CCN2C(=O)CSc3c(c4ccccc4n3C)C2C(=O)NCc2ccc(F)cc2)c1. The average Bonchev–Trinajstić information content (AvgIpc) is 3.14. The largest absolute Gasteiger partial charge is 0.497 e. The lowest BCUT2D eigenvalue weighted by Gasteiger charge is -2.30. The summed E-state index contributed by atoms with van der Waals surface area (Å²) < 4.78 is 26.4. The fourth-order valence-corrected chi connectivity index (χ4v) is 6.18. The molecule has 3 aromatic carbocycles. The molecular weight excluding hydrogens is 517 g/mol. The molecule has 1 unspecified atom stereocenters. The van der Waals surface area contributed by atoms with Gasteiger partial charge in [-0.2, -0.15) is 0 Å². The van der Waals surface area contributed by atoms with E-state index in [0.29, 0.717) is 24.5 Å². The van der Waals surface area contributed by atoms with Crippen LogP contribution in [0, 0.1) is 5.82 Å². The second-order valence-corrected chi connectivity index (χ2v) is 10.3.